The molecule has 308 valence electrons. The average Bonchev–Trinajstić information content (AvgIpc) is 3.22. The number of hydrogen-bond donors (Lipinski definition) is 3. The fourth-order valence-corrected chi connectivity index (χ4v) is 9.76. The molecule has 3 saturated heterocycles. The van der Waals surface area contributed by atoms with Gasteiger partial charge in [-0.05, 0) is 99.8 Å². The maximum atomic E-state index is 15.1. The summed E-state index contributed by atoms with van der Waals surface area (Å²) < 4.78 is 21.5. The molecule has 0 bridgehead atoms. The Bertz CT molecular complexity index is 2210. The summed E-state index contributed by atoms with van der Waals surface area (Å²) in [6.07, 6.45) is 3.99. The Labute approximate surface area is 350 Å². The van der Waals surface area contributed by atoms with Crippen molar-refractivity contribution in [3.05, 3.63) is 93.8 Å². The van der Waals surface area contributed by atoms with Crippen LogP contribution in [0.25, 0.3) is 0 Å². The van der Waals surface area contributed by atoms with Crippen LogP contribution in [0.3, 0.4) is 0 Å². The summed E-state index contributed by atoms with van der Waals surface area (Å²) in [6.45, 7) is 11.8. The standard InChI is InChI=1S/C46H50ClFN6O5/c1-45(2)43(46(3,4)44(45)59-34-13-11-31(27-49)36(47)26-34)52-40(56)30-9-7-28(8-10-30)5-6-29-17-21-53(22-18-29)32-19-23-54(24-20-32)33-12-14-35(37(48)25-33)41(57)50-38-15-16-39(55)51-42(38)58/h7-14,25-26,29,32,38,43-44H,15-24H2,1-4H3,(H,50,57)(H,52,56)(H,51,55,58)/t38-,43-,44-/m0/s1. The number of imide groups is 1. The van der Waals surface area contributed by atoms with Crippen molar-refractivity contribution in [2.75, 3.05) is 31.1 Å². The molecule has 3 aromatic rings. The van der Waals surface area contributed by atoms with E-state index in [-0.39, 0.29) is 53.2 Å². The number of likely N-dealkylation sites (tertiary alicyclic amines) is 1. The van der Waals surface area contributed by atoms with E-state index in [9.17, 15) is 24.4 Å². The van der Waals surface area contributed by atoms with E-state index >= 15 is 4.39 Å². The van der Waals surface area contributed by atoms with Gasteiger partial charge in [-0.1, -0.05) is 51.1 Å². The number of benzene rings is 3. The number of anilines is 1. The fraction of sp³-hybridized carbons (Fsp3) is 0.457. The van der Waals surface area contributed by atoms with Gasteiger partial charge in [-0.15, -0.1) is 0 Å². The molecule has 59 heavy (non-hydrogen) atoms. The zero-order valence-electron chi connectivity index (χ0n) is 33.9. The zero-order chi connectivity index (χ0) is 42.1. The number of halogens is 2. The number of carbonyl (C=O) groups is 4. The summed E-state index contributed by atoms with van der Waals surface area (Å²) >= 11 is 6.24. The first-order valence-corrected chi connectivity index (χ1v) is 20.7. The molecular weight excluding hydrogens is 771 g/mol. The van der Waals surface area contributed by atoms with E-state index < -0.39 is 23.7 Å². The molecule has 1 atom stereocenters. The van der Waals surface area contributed by atoms with Crippen LogP contribution < -0.4 is 25.6 Å². The number of hydrogen-bond acceptors (Lipinski definition) is 8. The highest BCUT2D eigenvalue weighted by Crippen LogP contribution is 2.55. The van der Waals surface area contributed by atoms with Crippen molar-refractivity contribution in [2.24, 2.45) is 16.7 Å². The molecule has 0 radical (unpaired) electrons. The SMILES string of the molecule is CC1(C)[C@H](NC(=O)c2ccc(C#CC3CCN(C4CCN(c5ccc(C(=O)N[C@H]6CCC(=O)NC6=O)c(F)c5)CC4)CC3)cc2)C(C)(C)[C@H]1Oc1ccc(C#N)c(Cl)c1. The smallest absolute Gasteiger partial charge is 0.254 e. The Morgan fingerprint density at radius 2 is 1.58 bits per heavy atom. The molecule has 4 fully saturated rings. The Kier molecular flexibility index (Phi) is 12.1. The van der Waals surface area contributed by atoms with Crippen molar-refractivity contribution in [3.8, 4) is 23.7 Å². The number of piperidine rings is 3. The van der Waals surface area contributed by atoms with Crippen molar-refractivity contribution >= 4 is 40.9 Å². The summed E-state index contributed by atoms with van der Waals surface area (Å²) in [7, 11) is 0. The molecule has 4 amide bonds. The third-order valence-electron chi connectivity index (χ3n) is 12.6. The van der Waals surface area contributed by atoms with E-state index in [1.165, 1.54) is 12.1 Å². The molecule has 0 unspecified atom stereocenters. The van der Waals surface area contributed by atoms with E-state index in [4.69, 9.17) is 16.3 Å². The first kappa shape index (κ1) is 41.7. The third kappa shape index (κ3) is 8.95. The van der Waals surface area contributed by atoms with Crippen LogP contribution >= 0.6 is 11.6 Å². The topological polar surface area (TPSA) is 144 Å². The number of nitriles is 1. The molecule has 7 rings (SSSR count). The molecular formula is C46H50ClFN6O5. The van der Waals surface area contributed by atoms with Gasteiger partial charge in [-0.2, -0.15) is 5.26 Å². The highest BCUT2D eigenvalue weighted by atomic mass is 35.5. The highest BCUT2D eigenvalue weighted by molar-refractivity contribution is 6.31. The van der Waals surface area contributed by atoms with Gasteiger partial charge in [0.2, 0.25) is 11.8 Å². The fourth-order valence-electron chi connectivity index (χ4n) is 9.55. The molecule has 3 N–H and O–H groups in total. The Hall–Kier alpha value is -5.43. The van der Waals surface area contributed by atoms with Gasteiger partial charge in [0.25, 0.3) is 11.8 Å². The second-order valence-corrected chi connectivity index (χ2v) is 17.7. The van der Waals surface area contributed by atoms with Crippen LogP contribution in [0.4, 0.5) is 10.1 Å². The number of carbonyl (C=O) groups excluding carboxylic acids is 4. The van der Waals surface area contributed by atoms with Crippen LogP contribution in [0.5, 0.6) is 5.75 Å². The molecule has 0 aromatic heterocycles. The van der Waals surface area contributed by atoms with Gasteiger partial charge in [0, 0.05) is 71.2 Å². The molecule has 0 spiro atoms. The van der Waals surface area contributed by atoms with E-state index in [2.05, 4.69) is 71.4 Å². The number of amides is 4. The van der Waals surface area contributed by atoms with Gasteiger partial charge < -0.3 is 25.2 Å². The Morgan fingerprint density at radius 3 is 2.20 bits per heavy atom. The molecule has 3 heterocycles. The maximum absolute atomic E-state index is 15.1. The summed E-state index contributed by atoms with van der Waals surface area (Å²) in [5.74, 6) is 5.25. The van der Waals surface area contributed by atoms with Crippen molar-refractivity contribution in [3.63, 3.8) is 0 Å². The summed E-state index contributed by atoms with van der Waals surface area (Å²) in [6, 6.07) is 18.6. The minimum atomic E-state index is -0.865. The van der Waals surface area contributed by atoms with Crippen molar-refractivity contribution < 1.29 is 28.3 Å². The van der Waals surface area contributed by atoms with Crippen molar-refractivity contribution in [1.82, 2.24) is 20.9 Å². The summed E-state index contributed by atoms with van der Waals surface area (Å²) in [5.41, 5.74) is 1.70. The van der Waals surface area contributed by atoms with E-state index in [1.54, 1.807) is 24.3 Å². The lowest BCUT2D eigenvalue weighted by molar-refractivity contribution is -0.164. The monoisotopic (exact) mass is 820 g/mol. The van der Waals surface area contributed by atoms with Crippen LogP contribution in [0, 0.1) is 45.7 Å². The molecule has 1 saturated carbocycles. The number of rotatable bonds is 8. The van der Waals surface area contributed by atoms with Crippen LogP contribution in [0.2, 0.25) is 5.02 Å². The average molecular weight is 821 g/mol. The number of nitrogens with zero attached hydrogens (tertiary/aromatic N) is 3. The van der Waals surface area contributed by atoms with Gasteiger partial charge in [-0.25, -0.2) is 4.39 Å². The summed E-state index contributed by atoms with van der Waals surface area (Å²) in [4.78, 5) is 54.2. The number of nitrogens with one attached hydrogen (secondary N) is 3. The van der Waals surface area contributed by atoms with Crippen LogP contribution in [0.15, 0.2) is 60.7 Å². The van der Waals surface area contributed by atoms with E-state index in [0.717, 1.165) is 63.1 Å². The van der Waals surface area contributed by atoms with Crippen molar-refractivity contribution in [1.29, 1.82) is 5.26 Å². The normalized spacial score (nSPS) is 23.1. The lowest BCUT2D eigenvalue weighted by Gasteiger charge is -2.63. The van der Waals surface area contributed by atoms with E-state index in [1.807, 2.05) is 24.3 Å². The largest absolute Gasteiger partial charge is 0.489 e. The predicted molar refractivity (Wildman–Crippen MR) is 222 cm³/mol. The van der Waals surface area contributed by atoms with Gasteiger partial charge in [0.1, 0.15) is 29.8 Å². The van der Waals surface area contributed by atoms with Gasteiger partial charge in [0.15, 0.2) is 0 Å². The molecule has 13 heteroatoms. The lowest BCUT2D eigenvalue weighted by Crippen LogP contribution is -2.74. The van der Waals surface area contributed by atoms with Crippen LogP contribution in [0.1, 0.15) is 98.1 Å². The number of ether oxygens (including phenoxy) is 1. The van der Waals surface area contributed by atoms with Crippen LogP contribution in [-0.4, -0.2) is 78.9 Å². The Balaban J connectivity index is 0.848. The predicted octanol–water partition coefficient (Wildman–Crippen LogP) is 6.23. The van der Waals surface area contributed by atoms with E-state index in [0.29, 0.717) is 33.9 Å². The van der Waals surface area contributed by atoms with Gasteiger partial charge >= 0.3 is 0 Å². The second kappa shape index (κ2) is 17.0. The van der Waals surface area contributed by atoms with Crippen molar-refractivity contribution in [2.45, 2.75) is 90.4 Å². The molecule has 3 aliphatic heterocycles. The summed E-state index contributed by atoms with van der Waals surface area (Å²) in [5, 5.41) is 17.5. The van der Waals surface area contributed by atoms with Gasteiger partial charge in [-0.3, -0.25) is 24.5 Å². The zero-order valence-corrected chi connectivity index (χ0v) is 34.6. The third-order valence-corrected chi connectivity index (χ3v) is 12.9. The minimum Gasteiger partial charge on any atom is -0.489 e. The molecule has 1 aliphatic carbocycles. The first-order chi connectivity index (χ1) is 28.1. The molecule has 3 aromatic carbocycles. The highest BCUT2D eigenvalue weighted by Gasteiger charge is 2.64. The first-order valence-electron chi connectivity index (χ1n) is 20.4. The van der Waals surface area contributed by atoms with Crippen LogP contribution in [-0.2, 0) is 9.59 Å². The maximum Gasteiger partial charge on any atom is 0.254 e. The second-order valence-electron chi connectivity index (χ2n) is 17.3. The molecule has 11 nitrogen and oxygen atoms in total. The molecule has 4 aliphatic rings. The lowest BCUT2D eigenvalue weighted by atomic mass is 9.49. The van der Waals surface area contributed by atoms with Gasteiger partial charge in [0.05, 0.1) is 16.1 Å². The quantitative estimate of drug-likeness (QED) is 0.179. The minimum absolute atomic E-state index is 0.124. The Morgan fingerprint density at radius 1 is 0.881 bits per heavy atom.